The van der Waals surface area contributed by atoms with Crippen LogP contribution in [0.2, 0.25) is 0 Å². The van der Waals surface area contributed by atoms with Gasteiger partial charge in [0.15, 0.2) is 0 Å². The van der Waals surface area contributed by atoms with Gasteiger partial charge in [-0.1, -0.05) is 44.2 Å². The molecule has 0 saturated heterocycles. The Morgan fingerprint density at radius 3 is 2.65 bits per heavy atom. The second-order valence-corrected chi connectivity index (χ2v) is 6.58. The van der Waals surface area contributed by atoms with Crippen LogP contribution in [-0.4, -0.2) is 6.61 Å². The molecule has 0 bridgehead atoms. The molecule has 2 heteroatoms. The molecule has 1 unspecified atom stereocenters. The Hall–Kier alpha value is -1.47. The third-order valence-electron chi connectivity index (χ3n) is 4.08. The van der Waals surface area contributed by atoms with E-state index in [1.54, 1.807) is 0 Å². The standard InChI is InChI=1S/C18H19ClO/c1-12-6-4-5-7-14(12)17(19)13-8-9-16-15(10-13)18(2,3)11-20-16/h4-10,17H,11H2,1-3H3. The number of halogens is 1. The molecule has 0 amide bonds. The summed E-state index contributed by atoms with van der Waals surface area (Å²) < 4.78 is 5.73. The first kappa shape index (κ1) is 13.5. The van der Waals surface area contributed by atoms with Crippen molar-refractivity contribution < 1.29 is 4.74 Å². The van der Waals surface area contributed by atoms with Gasteiger partial charge in [0.2, 0.25) is 0 Å². The summed E-state index contributed by atoms with van der Waals surface area (Å²) in [5.74, 6) is 0.993. The van der Waals surface area contributed by atoms with E-state index in [2.05, 4.69) is 45.0 Å². The van der Waals surface area contributed by atoms with Gasteiger partial charge in [-0.3, -0.25) is 0 Å². The minimum absolute atomic E-state index is 0.0632. The van der Waals surface area contributed by atoms with Crippen LogP contribution in [0, 0.1) is 6.92 Å². The van der Waals surface area contributed by atoms with Crippen molar-refractivity contribution in [3.63, 3.8) is 0 Å². The summed E-state index contributed by atoms with van der Waals surface area (Å²) in [4.78, 5) is 0. The molecule has 20 heavy (non-hydrogen) atoms. The van der Waals surface area contributed by atoms with Crippen LogP contribution in [0.4, 0.5) is 0 Å². The van der Waals surface area contributed by atoms with Crippen LogP contribution in [0.3, 0.4) is 0 Å². The molecule has 2 aromatic carbocycles. The van der Waals surface area contributed by atoms with Gasteiger partial charge in [0.05, 0.1) is 12.0 Å². The summed E-state index contributed by atoms with van der Waals surface area (Å²) in [6, 6.07) is 14.6. The van der Waals surface area contributed by atoms with Crippen LogP contribution in [0.15, 0.2) is 42.5 Å². The predicted molar refractivity (Wildman–Crippen MR) is 83.8 cm³/mol. The fourth-order valence-electron chi connectivity index (χ4n) is 2.75. The van der Waals surface area contributed by atoms with E-state index < -0.39 is 0 Å². The third-order valence-corrected chi connectivity index (χ3v) is 4.56. The van der Waals surface area contributed by atoms with Crippen molar-refractivity contribution in [1.29, 1.82) is 0 Å². The molecule has 0 spiro atoms. The van der Waals surface area contributed by atoms with E-state index in [-0.39, 0.29) is 10.8 Å². The average Bonchev–Trinajstić information content (AvgIpc) is 2.74. The van der Waals surface area contributed by atoms with Gasteiger partial charge in [0, 0.05) is 11.0 Å². The summed E-state index contributed by atoms with van der Waals surface area (Å²) in [5.41, 5.74) is 4.86. The zero-order chi connectivity index (χ0) is 14.3. The number of alkyl halides is 1. The SMILES string of the molecule is Cc1ccccc1C(Cl)c1ccc2c(c1)C(C)(C)CO2. The van der Waals surface area contributed by atoms with Crippen LogP contribution in [-0.2, 0) is 5.41 Å². The van der Waals surface area contributed by atoms with Crippen molar-refractivity contribution in [3.8, 4) is 5.75 Å². The lowest BCUT2D eigenvalue weighted by Gasteiger charge is -2.18. The molecule has 104 valence electrons. The highest BCUT2D eigenvalue weighted by Gasteiger charge is 2.32. The highest BCUT2D eigenvalue weighted by Crippen LogP contribution is 2.41. The lowest BCUT2D eigenvalue weighted by molar-refractivity contribution is 0.291. The zero-order valence-electron chi connectivity index (χ0n) is 12.1. The van der Waals surface area contributed by atoms with Gasteiger partial charge in [-0.15, -0.1) is 11.6 Å². The number of hydrogen-bond donors (Lipinski definition) is 0. The normalized spacial score (nSPS) is 17.4. The summed E-state index contributed by atoms with van der Waals surface area (Å²) in [7, 11) is 0. The molecule has 1 heterocycles. The van der Waals surface area contributed by atoms with Gasteiger partial charge in [-0.05, 0) is 35.7 Å². The molecule has 1 nitrogen and oxygen atoms in total. The second-order valence-electron chi connectivity index (χ2n) is 6.15. The van der Waals surface area contributed by atoms with E-state index in [1.165, 1.54) is 16.7 Å². The van der Waals surface area contributed by atoms with Gasteiger partial charge in [-0.2, -0.15) is 0 Å². The van der Waals surface area contributed by atoms with Crippen LogP contribution in [0.1, 0.15) is 41.5 Å². The van der Waals surface area contributed by atoms with E-state index in [0.717, 1.165) is 17.9 Å². The van der Waals surface area contributed by atoms with Crippen LogP contribution in [0.5, 0.6) is 5.75 Å². The van der Waals surface area contributed by atoms with Gasteiger partial charge in [0.25, 0.3) is 0 Å². The Bertz CT molecular complexity index is 646. The maximum Gasteiger partial charge on any atom is 0.123 e. The molecule has 0 saturated carbocycles. The Morgan fingerprint density at radius 1 is 1.15 bits per heavy atom. The lowest BCUT2D eigenvalue weighted by atomic mass is 9.85. The summed E-state index contributed by atoms with van der Waals surface area (Å²) in [6.07, 6.45) is 0. The predicted octanol–water partition coefficient (Wildman–Crippen LogP) is 4.99. The summed E-state index contributed by atoms with van der Waals surface area (Å²) in [5, 5.41) is -0.113. The number of aryl methyl sites for hydroxylation is 1. The van der Waals surface area contributed by atoms with Crippen molar-refractivity contribution in [1.82, 2.24) is 0 Å². The van der Waals surface area contributed by atoms with Crippen LogP contribution in [0.25, 0.3) is 0 Å². The number of ether oxygens (including phenoxy) is 1. The number of benzene rings is 2. The fourth-order valence-corrected chi connectivity index (χ4v) is 3.13. The van der Waals surface area contributed by atoms with E-state index >= 15 is 0 Å². The van der Waals surface area contributed by atoms with Crippen molar-refractivity contribution in [2.75, 3.05) is 6.61 Å². The highest BCUT2D eigenvalue weighted by molar-refractivity contribution is 6.22. The van der Waals surface area contributed by atoms with Gasteiger partial charge in [0.1, 0.15) is 5.75 Å². The van der Waals surface area contributed by atoms with Gasteiger partial charge < -0.3 is 4.74 Å². The molecule has 0 fully saturated rings. The average molecular weight is 287 g/mol. The van der Waals surface area contributed by atoms with Gasteiger partial charge in [-0.25, -0.2) is 0 Å². The minimum atomic E-state index is -0.113. The topological polar surface area (TPSA) is 9.23 Å². The van der Waals surface area contributed by atoms with E-state index in [0.29, 0.717) is 0 Å². The molecule has 1 aliphatic rings. The second kappa shape index (κ2) is 4.82. The largest absolute Gasteiger partial charge is 0.492 e. The first-order valence-corrected chi connectivity index (χ1v) is 7.39. The molecular weight excluding hydrogens is 268 g/mol. The molecule has 3 rings (SSSR count). The Balaban J connectivity index is 2.02. The Labute approximate surface area is 125 Å². The smallest absolute Gasteiger partial charge is 0.123 e. The van der Waals surface area contributed by atoms with Crippen LogP contribution >= 0.6 is 11.6 Å². The number of hydrogen-bond acceptors (Lipinski definition) is 1. The molecule has 1 atom stereocenters. The van der Waals surface area contributed by atoms with Crippen molar-refractivity contribution in [3.05, 3.63) is 64.7 Å². The van der Waals surface area contributed by atoms with Crippen LogP contribution < -0.4 is 4.74 Å². The lowest BCUT2D eigenvalue weighted by Crippen LogP contribution is -2.18. The van der Waals surface area contributed by atoms with Gasteiger partial charge >= 0.3 is 0 Å². The molecule has 0 aliphatic carbocycles. The Kier molecular flexibility index (Phi) is 3.25. The molecule has 2 aromatic rings. The third kappa shape index (κ3) is 2.20. The first-order valence-electron chi connectivity index (χ1n) is 6.96. The molecular formula is C18H19ClO. The monoisotopic (exact) mass is 286 g/mol. The summed E-state index contributed by atoms with van der Waals surface area (Å²) >= 11 is 6.69. The molecule has 1 aliphatic heterocycles. The number of rotatable bonds is 2. The maximum atomic E-state index is 6.69. The van der Waals surface area contributed by atoms with E-state index in [1.807, 2.05) is 18.2 Å². The van der Waals surface area contributed by atoms with Crippen molar-refractivity contribution >= 4 is 11.6 Å². The molecule has 0 aromatic heterocycles. The Morgan fingerprint density at radius 2 is 1.90 bits per heavy atom. The van der Waals surface area contributed by atoms with E-state index in [9.17, 15) is 0 Å². The zero-order valence-corrected chi connectivity index (χ0v) is 12.9. The fraction of sp³-hybridized carbons (Fsp3) is 0.333. The maximum absolute atomic E-state index is 6.69. The van der Waals surface area contributed by atoms with Crippen molar-refractivity contribution in [2.24, 2.45) is 0 Å². The highest BCUT2D eigenvalue weighted by atomic mass is 35.5. The molecule has 0 N–H and O–H groups in total. The summed E-state index contributed by atoms with van der Waals surface area (Å²) in [6.45, 7) is 7.26. The quantitative estimate of drug-likeness (QED) is 0.707. The first-order chi connectivity index (χ1) is 9.49. The molecule has 0 radical (unpaired) electrons. The number of fused-ring (bicyclic) bond motifs is 1. The minimum Gasteiger partial charge on any atom is -0.492 e. The van der Waals surface area contributed by atoms with E-state index in [4.69, 9.17) is 16.3 Å². The van der Waals surface area contributed by atoms with Crippen molar-refractivity contribution in [2.45, 2.75) is 31.6 Å².